The molecule has 7 heteroatoms. The van der Waals surface area contributed by atoms with Crippen molar-refractivity contribution in [1.29, 1.82) is 0 Å². The molecule has 4 saturated carbocycles. The lowest BCUT2D eigenvalue weighted by atomic mass is 9.36. The van der Waals surface area contributed by atoms with Gasteiger partial charge in [0, 0.05) is 19.2 Å². The van der Waals surface area contributed by atoms with Gasteiger partial charge in [-0.15, -0.1) is 6.58 Å². The minimum Gasteiger partial charge on any atom is -0.393 e. The highest BCUT2D eigenvalue weighted by Crippen LogP contribution is 2.76. The topological polar surface area (TPSA) is 104 Å². The Balaban J connectivity index is 1.51. The lowest BCUT2D eigenvalue weighted by Crippen LogP contribution is -2.65. The number of sulfone groups is 1. The van der Waals surface area contributed by atoms with E-state index in [0.29, 0.717) is 24.2 Å². The number of rotatable bonds is 8. The number of aliphatic hydroxyl groups excluding tert-OH is 2. The Bertz CT molecular complexity index is 998. The third kappa shape index (κ3) is 4.63. The maximum atomic E-state index is 12.5. The molecule has 0 heterocycles. The van der Waals surface area contributed by atoms with Gasteiger partial charge >= 0.3 is 0 Å². The first-order valence-electron chi connectivity index (χ1n) is 14.6. The molecule has 0 spiro atoms. The molecule has 0 bridgehead atoms. The Kier molecular flexibility index (Phi) is 7.80. The fraction of sp³-hybridized carbons (Fsp3) is 0.900. The molecular weight excluding hydrogens is 486 g/mol. The molecule has 6 nitrogen and oxygen atoms in total. The number of carbonyl (C=O) groups excluding carboxylic acids is 1. The van der Waals surface area contributed by atoms with Gasteiger partial charge in [-0.2, -0.15) is 0 Å². The number of fused-ring (bicyclic) bond motifs is 5. The van der Waals surface area contributed by atoms with Crippen molar-refractivity contribution >= 4 is 15.7 Å². The van der Waals surface area contributed by atoms with Gasteiger partial charge in [0.15, 0.2) is 0 Å². The summed E-state index contributed by atoms with van der Waals surface area (Å²) < 4.78 is 22.7. The molecule has 0 unspecified atom stereocenters. The number of amides is 1. The molecule has 4 fully saturated rings. The van der Waals surface area contributed by atoms with Crippen LogP contribution >= 0.6 is 0 Å². The highest BCUT2D eigenvalue weighted by Gasteiger charge is 2.70. The van der Waals surface area contributed by atoms with Crippen molar-refractivity contribution in [2.45, 2.75) is 104 Å². The molecular formula is C30H51NO5S. The van der Waals surface area contributed by atoms with Crippen LogP contribution in [-0.2, 0) is 14.6 Å². The van der Waals surface area contributed by atoms with Crippen molar-refractivity contribution in [3.05, 3.63) is 12.7 Å². The lowest BCUT2D eigenvalue weighted by molar-refractivity contribution is -0.217. The average molecular weight is 538 g/mol. The Labute approximate surface area is 225 Å². The third-order valence-electron chi connectivity index (χ3n) is 12.7. The summed E-state index contributed by atoms with van der Waals surface area (Å²) in [4.78, 5) is 12.5. The van der Waals surface area contributed by atoms with Gasteiger partial charge in [-0.1, -0.05) is 33.8 Å². The van der Waals surface area contributed by atoms with E-state index in [0.717, 1.165) is 57.8 Å². The minimum absolute atomic E-state index is 0.0285. The van der Waals surface area contributed by atoms with Gasteiger partial charge in [0.2, 0.25) is 5.91 Å². The molecule has 212 valence electrons. The van der Waals surface area contributed by atoms with Gasteiger partial charge in [-0.05, 0) is 103 Å². The Morgan fingerprint density at radius 3 is 2.43 bits per heavy atom. The Morgan fingerprint density at radius 2 is 1.78 bits per heavy atom. The van der Waals surface area contributed by atoms with Gasteiger partial charge in [-0.3, -0.25) is 4.79 Å². The van der Waals surface area contributed by atoms with Gasteiger partial charge < -0.3 is 15.5 Å². The van der Waals surface area contributed by atoms with Gasteiger partial charge in [0.1, 0.15) is 9.84 Å². The van der Waals surface area contributed by atoms with E-state index < -0.39 is 9.84 Å². The number of nitrogens with one attached hydrogen (secondary N) is 1. The fourth-order valence-corrected chi connectivity index (χ4v) is 10.5. The smallest absolute Gasteiger partial charge is 0.220 e. The first-order valence-corrected chi connectivity index (χ1v) is 16.6. The number of hydrogen-bond acceptors (Lipinski definition) is 5. The SMILES string of the molecule is C=C[C@]12CC[C@@]3(C)[C@@H](CC[C@]3(C)[C@H](C)CCC(=O)NCCS(C)(=O)=O)[C@@H]1[C@H](O)C[C@@H]1C[C@H](O)CC[C@@]12C. The van der Waals surface area contributed by atoms with E-state index in [2.05, 4.69) is 45.7 Å². The van der Waals surface area contributed by atoms with Gasteiger partial charge in [-0.25, -0.2) is 8.42 Å². The van der Waals surface area contributed by atoms with E-state index in [1.54, 1.807) is 0 Å². The average Bonchev–Trinajstić information content (AvgIpc) is 3.09. The van der Waals surface area contributed by atoms with Crippen LogP contribution in [0.2, 0.25) is 0 Å². The van der Waals surface area contributed by atoms with Crippen LogP contribution in [0.25, 0.3) is 0 Å². The number of allylic oxidation sites excluding steroid dienone is 1. The van der Waals surface area contributed by atoms with Crippen molar-refractivity contribution in [2.24, 2.45) is 45.3 Å². The number of aliphatic hydroxyl groups is 2. The molecule has 0 aliphatic heterocycles. The van der Waals surface area contributed by atoms with Crippen LogP contribution in [0, 0.1) is 45.3 Å². The molecule has 0 aromatic heterocycles. The minimum atomic E-state index is -3.09. The summed E-state index contributed by atoms with van der Waals surface area (Å²) in [6.07, 6.45) is 11.7. The molecule has 4 rings (SSSR count). The van der Waals surface area contributed by atoms with Crippen LogP contribution in [0.5, 0.6) is 0 Å². The summed E-state index contributed by atoms with van der Waals surface area (Å²) >= 11 is 0. The van der Waals surface area contributed by atoms with Crippen LogP contribution in [-0.4, -0.2) is 55.3 Å². The zero-order chi connectivity index (χ0) is 27.4. The van der Waals surface area contributed by atoms with Crippen LogP contribution in [0.4, 0.5) is 0 Å². The van der Waals surface area contributed by atoms with Crippen molar-refractivity contribution < 1.29 is 23.4 Å². The van der Waals surface area contributed by atoms with E-state index in [9.17, 15) is 23.4 Å². The molecule has 0 saturated heterocycles. The Morgan fingerprint density at radius 1 is 1.08 bits per heavy atom. The first-order chi connectivity index (χ1) is 17.1. The van der Waals surface area contributed by atoms with Crippen LogP contribution in [0.15, 0.2) is 12.7 Å². The van der Waals surface area contributed by atoms with Crippen molar-refractivity contribution in [1.82, 2.24) is 5.32 Å². The molecule has 3 N–H and O–H groups in total. The van der Waals surface area contributed by atoms with E-state index in [1.807, 2.05) is 0 Å². The second-order valence-electron chi connectivity index (χ2n) is 14.0. The number of hydrogen-bond donors (Lipinski definition) is 3. The summed E-state index contributed by atoms with van der Waals surface area (Å²) in [5.41, 5.74) is 0.106. The highest BCUT2D eigenvalue weighted by atomic mass is 32.2. The standard InChI is InChI=1S/C30H51NO5S/c1-7-30-15-14-29(5)23(26(30)24(33)19-21-18-22(32)10-12-28(21,30)4)11-13-27(29,3)20(2)8-9-25(34)31-16-17-37(6,35)36/h7,20-24,26,32-33H,1,8-19H2,2-6H3,(H,31,34)/t20-,21+,22-,23+,24-,26-,27-,28+,29+,30+/m1/s1. The zero-order valence-electron chi connectivity index (χ0n) is 23.8. The maximum Gasteiger partial charge on any atom is 0.220 e. The van der Waals surface area contributed by atoms with Crippen molar-refractivity contribution in [2.75, 3.05) is 18.6 Å². The van der Waals surface area contributed by atoms with Gasteiger partial charge in [0.05, 0.1) is 18.0 Å². The summed E-state index contributed by atoms with van der Waals surface area (Å²) in [5.74, 6) is 1.17. The molecule has 0 radical (unpaired) electrons. The van der Waals surface area contributed by atoms with Crippen LogP contribution in [0.1, 0.15) is 91.9 Å². The van der Waals surface area contributed by atoms with Crippen LogP contribution < -0.4 is 5.32 Å². The molecule has 0 aromatic rings. The zero-order valence-corrected chi connectivity index (χ0v) is 24.6. The predicted octanol–water partition coefficient (Wildman–Crippen LogP) is 4.50. The predicted molar refractivity (Wildman–Crippen MR) is 147 cm³/mol. The van der Waals surface area contributed by atoms with Crippen LogP contribution in [0.3, 0.4) is 0 Å². The monoisotopic (exact) mass is 537 g/mol. The maximum absolute atomic E-state index is 12.5. The van der Waals surface area contributed by atoms with E-state index in [4.69, 9.17) is 0 Å². The highest BCUT2D eigenvalue weighted by molar-refractivity contribution is 7.90. The number of carbonyl (C=O) groups is 1. The van der Waals surface area contributed by atoms with Gasteiger partial charge in [0.25, 0.3) is 0 Å². The first kappa shape index (κ1) is 29.1. The second-order valence-corrected chi connectivity index (χ2v) is 16.3. The quantitative estimate of drug-likeness (QED) is 0.396. The molecule has 37 heavy (non-hydrogen) atoms. The molecule has 1 amide bonds. The lowest BCUT2D eigenvalue weighted by Gasteiger charge is -2.69. The molecule has 4 aliphatic carbocycles. The largest absolute Gasteiger partial charge is 0.393 e. The van der Waals surface area contributed by atoms with Crippen molar-refractivity contribution in [3.63, 3.8) is 0 Å². The fourth-order valence-electron chi connectivity index (χ4n) is 9.99. The molecule has 10 atom stereocenters. The van der Waals surface area contributed by atoms with Crippen molar-refractivity contribution in [3.8, 4) is 0 Å². The molecule has 4 aliphatic rings. The van der Waals surface area contributed by atoms with E-state index in [-0.39, 0.29) is 58.0 Å². The van der Waals surface area contributed by atoms with E-state index >= 15 is 0 Å². The molecule has 0 aromatic carbocycles. The summed E-state index contributed by atoms with van der Waals surface area (Å²) in [5, 5.41) is 24.9. The Hall–Kier alpha value is -0.920. The van der Waals surface area contributed by atoms with E-state index in [1.165, 1.54) is 6.26 Å². The normalized spacial score (nSPS) is 46.3. The summed E-state index contributed by atoms with van der Waals surface area (Å²) in [7, 11) is -3.09. The summed E-state index contributed by atoms with van der Waals surface area (Å²) in [6, 6.07) is 0. The third-order valence-corrected chi connectivity index (χ3v) is 13.6. The second kappa shape index (κ2) is 9.92. The summed E-state index contributed by atoms with van der Waals surface area (Å²) in [6.45, 7) is 14.1.